The summed E-state index contributed by atoms with van der Waals surface area (Å²) in [5.74, 6) is 0.205. The number of halogens is 4. The average Bonchev–Trinajstić information content (AvgIpc) is 3.85. The number of hydrogen-bond donors (Lipinski definition) is 0. The number of benzene rings is 4. The van der Waals surface area contributed by atoms with Crippen LogP contribution in [-0.4, -0.2) is 80.3 Å². The second kappa shape index (κ2) is 25.0. The zero-order valence-electron chi connectivity index (χ0n) is 42.7. The van der Waals surface area contributed by atoms with Gasteiger partial charge in [0.15, 0.2) is 0 Å². The van der Waals surface area contributed by atoms with E-state index in [1.54, 1.807) is 12.1 Å². The van der Waals surface area contributed by atoms with E-state index in [4.69, 9.17) is 46.4 Å². The van der Waals surface area contributed by atoms with Crippen molar-refractivity contribution >= 4 is 64.3 Å². The summed E-state index contributed by atoms with van der Waals surface area (Å²) in [7, 11) is 0. The van der Waals surface area contributed by atoms with E-state index in [1.807, 2.05) is 34.3 Å². The fourth-order valence-corrected chi connectivity index (χ4v) is 12.3. The molecule has 0 spiro atoms. The van der Waals surface area contributed by atoms with Crippen LogP contribution in [0.25, 0.3) is 40.0 Å². The van der Waals surface area contributed by atoms with E-state index in [0.29, 0.717) is 33.2 Å². The molecule has 2 saturated heterocycles. The van der Waals surface area contributed by atoms with E-state index in [1.165, 1.54) is 43.2 Å². The first-order chi connectivity index (χ1) is 35.0. The van der Waals surface area contributed by atoms with Gasteiger partial charge in [0.2, 0.25) is 0 Å². The van der Waals surface area contributed by atoms with Gasteiger partial charge < -0.3 is 9.13 Å². The van der Waals surface area contributed by atoms with Gasteiger partial charge in [0, 0.05) is 90.0 Å². The number of unbranched alkanes of at least 4 members (excludes halogenated alkanes) is 3. The Hall–Kier alpha value is -4.31. The van der Waals surface area contributed by atoms with Crippen molar-refractivity contribution in [2.45, 2.75) is 118 Å². The van der Waals surface area contributed by atoms with Gasteiger partial charge in [-0.05, 0) is 129 Å². The third-order valence-corrected chi connectivity index (χ3v) is 16.0. The molecule has 0 unspecified atom stereocenters. The molecule has 0 saturated carbocycles. The summed E-state index contributed by atoms with van der Waals surface area (Å²) in [5, 5.41) is 10.8. The van der Waals surface area contributed by atoms with Gasteiger partial charge in [0.25, 0.3) is 11.8 Å². The monoisotopic (exact) mass is 1100 g/mol. The predicted molar refractivity (Wildman–Crippen MR) is 299 cm³/mol. The van der Waals surface area contributed by atoms with Crippen LogP contribution in [0, 0.1) is 13.8 Å². The second-order valence-electron chi connectivity index (χ2n) is 19.8. The summed E-state index contributed by atoms with van der Waals surface area (Å²) in [6, 6.07) is 28.6. The first kappa shape index (κ1) is 54.9. The van der Waals surface area contributed by atoms with E-state index in [0.717, 1.165) is 151 Å². The summed E-state index contributed by atoms with van der Waals surface area (Å²) in [4.78, 5) is 27.8. The Morgan fingerprint density at radius 1 is 0.534 bits per heavy atom. The Labute approximate surface area is 463 Å². The Morgan fingerprint density at radius 3 is 1.41 bits per heavy atom. The Morgan fingerprint density at radius 2 is 0.986 bits per heavy atom. The summed E-state index contributed by atoms with van der Waals surface area (Å²) in [6.07, 6.45) is 20.0. The molecule has 2 aromatic heterocycles. The molecule has 388 valence electrons. The van der Waals surface area contributed by atoms with Crippen molar-refractivity contribution in [3.8, 4) is 33.9 Å². The number of hydrazine groups is 2. The van der Waals surface area contributed by atoms with Crippen molar-refractivity contribution in [3.63, 3.8) is 0 Å². The van der Waals surface area contributed by atoms with Gasteiger partial charge in [-0.2, -0.15) is 0 Å². The maximum Gasteiger partial charge on any atom is 0.270 e. The maximum atomic E-state index is 13.9. The molecule has 0 bridgehead atoms. The first-order valence-electron chi connectivity index (χ1n) is 26.4. The van der Waals surface area contributed by atoms with Crippen LogP contribution in [0.4, 0.5) is 0 Å². The number of nitrogens with zero attached hydrogens (tertiary/aromatic N) is 6. The van der Waals surface area contributed by atoms with Crippen molar-refractivity contribution in [2.75, 3.05) is 39.3 Å². The molecular weight excluding hydrogens is 1040 g/mol. The molecule has 73 heavy (non-hydrogen) atoms. The molecule has 13 heteroatoms. The van der Waals surface area contributed by atoms with Gasteiger partial charge in [-0.1, -0.05) is 153 Å². The quantitative estimate of drug-likeness (QED) is 0.0854. The van der Waals surface area contributed by atoms with E-state index < -0.39 is 0 Å². The minimum Gasteiger partial charge on any atom is -0.311 e. The fraction of sp³-hybridized carbons (Fsp3) is 0.400. The van der Waals surface area contributed by atoms with Gasteiger partial charge >= 0.3 is 0 Å². The normalized spacial score (nSPS) is 16.3. The van der Waals surface area contributed by atoms with Gasteiger partial charge in [0.1, 0.15) is 0 Å². The third-order valence-electron chi connectivity index (χ3n) is 14.9. The molecule has 2 fully saturated rings. The average molecular weight is 1110 g/mol. The van der Waals surface area contributed by atoms with Crippen LogP contribution in [0.5, 0.6) is 0 Å². The summed E-state index contributed by atoms with van der Waals surface area (Å²) in [6.45, 7) is 13.7. The third kappa shape index (κ3) is 11.7. The molecule has 0 atom stereocenters. The van der Waals surface area contributed by atoms with E-state index >= 15 is 0 Å². The van der Waals surface area contributed by atoms with Gasteiger partial charge in [-0.3, -0.25) is 19.6 Å². The molecule has 10 rings (SSSR count). The zero-order valence-corrected chi connectivity index (χ0v) is 46.7. The predicted octanol–water partition coefficient (Wildman–Crippen LogP) is 15.9. The van der Waals surface area contributed by atoms with Crippen LogP contribution in [0.3, 0.4) is 0 Å². The maximum absolute atomic E-state index is 13.9. The van der Waals surface area contributed by atoms with E-state index in [2.05, 4.69) is 108 Å². The number of allylic oxidation sites excluding steroid dienone is 1. The smallest absolute Gasteiger partial charge is 0.270 e. The van der Waals surface area contributed by atoms with Crippen molar-refractivity contribution < 1.29 is 26.1 Å². The van der Waals surface area contributed by atoms with Gasteiger partial charge in [0.05, 0.1) is 43.9 Å². The Kier molecular flexibility index (Phi) is 18.8. The SMILES string of the molecule is CCC/C=C/c1ccc(-c2c(C)c3c(n2-c2ccc(Cl)cc2Cl)CCN(N2CCCCC2)C3=O)cc1.CCCCCc1ccc(-c2c(C)c3c(n2-c2ccc(Cl)cc2Cl)CCN(N2CCCCC2)C3=O)cc1.[Ni]. The fourth-order valence-electron chi connectivity index (χ4n) is 11.3. The number of carbonyl (C=O) groups excluding carboxylic acids is 2. The summed E-state index contributed by atoms with van der Waals surface area (Å²) in [5.41, 5.74) is 14.2. The van der Waals surface area contributed by atoms with Crippen molar-refractivity contribution in [3.05, 3.63) is 156 Å². The number of rotatable bonds is 13. The molecule has 0 radical (unpaired) electrons. The van der Waals surface area contributed by atoms with Gasteiger partial charge in [-0.25, -0.2) is 10.0 Å². The number of hydrogen-bond acceptors (Lipinski definition) is 4. The molecule has 4 aliphatic heterocycles. The molecule has 4 aromatic carbocycles. The minimum atomic E-state index is 0. The number of carbonyl (C=O) groups is 2. The number of amides is 2. The van der Waals surface area contributed by atoms with Gasteiger partial charge in [-0.15, -0.1) is 0 Å². The topological polar surface area (TPSA) is 57.0 Å². The molecule has 6 heterocycles. The number of piperidine rings is 2. The van der Waals surface area contributed by atoms with E-state index in [9.17, 15) is 9.59 Å². The largest absolute Gasteiger partial charge is 0.311 e. The molecule has 8 nitrogen and oxygen atoms in total. The number of aryl methyl sites for hydroxylation is 1. The Balaban J connectivity index is 0.000000192. The Bertz CT molecular complexity index is 2930. The van der Waals surface area contributed by atoms with Crippen LogP contribution >= 0.6 is 46.4 Å². The van der Waals surface area contributed by atoms with Crippen LogP contribution in [0.1, 0.15) is 139 Å². The summed E-state index contributed by atoms with van der Waals surface area (Å²) < 4.78 is 4.40. The van der Waals surface area contributed by atoms with E-state index in [-0.39, 0.29) is 28.3 Å². The molecule has 4 aliphatic rings. The molecule has 0 N–H and O–H groups in total. The minimum absolute atomic E-state index is 0. The van der Waals surface area contributed by atoms with Crippen molar-refractivity contribution in [1.29, 1.82) is 0 Å². The van der Waals surface area contributed by atoms with Crippen LogP contribution in [0.15, 0.2) is 91.0 Å². The molecule has 6 aromatic rings. The number of aromatic nitrogens is 2. The number of fused-ring (bicyclic) bond motifs is 2. The van der Waals surface area contributed by atoms with Crippen LogP contribution in [-0.2, 0) is 35.8 Å². The van der Waals surface area contributed by atoms with Crippen molar-refractivity contribution in [2.24, 2.45) is 0 Å². The zero-order chi connectivity index (χ0) is 50.5. The second-order valence-corrected chi connectivity index (χ2v) is 21.5. The van der Waals surface area contributed by atoms with Crippen molar-refractivity contribution in [1.82, 2.24) is 29.2 Å². The van der Waals surface area contributed by atoms with Crippen LogP contribution < -0.4 is 0 Å². The summed E-state index contributed by atoms with van der Waals surface area (Å²) >= 11 is 26.0. The molecule has 0 aliphatic carbocycles. The first-order valence-corrected chi connectivity index (χ1v) is 27.9. The molecular formula is C60H68Cl4N6NiO2. The standard InChI is InChI=1S/C30H35Cl2N3O.C30H33Cl2N3O.Ni/c2*1-3-4-6-9-22-10-12-23(13-11-22)29-21(2)28-27(35(29)26-15-14-24(31)20-25(26)32)16-19-34(30(28)36)33-17-7-5-8-18-33;/h10-15,20H,3-9,16-19H2,1-2H3;6,9-15,20H,3-5,7-8,16-19H2,1-2H3;/b;9-6+;. The van der Waals surface area contributed by atoms with Crippen LogP contribution in [0.2, 0.25) is 20.1 Å². The molecule has 2 amide bonds.